The number of aromatic nitrogens is 2. The van der Waals surface area contributed by atoms with Crippen molar-refractivity contribution >= 4 is 11.6 Å². The highest BCUT2D eigenvalue weighted by molar-refractivity contribution is 5.57. The molecule has 0 spiro atoms. The van der Waals surface area contributed by atoms with Crippen molar-refractivity contribution < 1.29 is 0 Å². The van der Waals surface area contributed by atoms with Crippen molar-refractivity contribution in [3.63, 3.8) is 0 Å². The number of nitrogens with two attached hydrogens (primary N) is 1. The minimum absolute atomic E-state index is 0.573. The zero-order chi connectivity index (χ0) is 10.8. The molecule has 1 fully saturated rings. The van der Waals surface area contributed by atoms with Gasteiger partial charge in [0, 0.05) is 11.6 Å². The highest BCUT2D eigenvalue weighted by Crippen LogP contribution is 2.26. The molecule has 4 N–H and O–H groups in total. The lowest BCUT2D eigenvalue weighted by molar-refractivity contribution is 0.444. The van der Waals surface area contributed by atoms with Crippen molar-refractivity contribution in [2.24, 2.45) is 5.84 Å². The molecule has 1 saturated carbocycles. The lowest BCUT2D eigenvalue weighted by atomic mass is 9.93. The van der Waals surface area contributed by atoms with E-state index in [2.05, 4.69) is 20.7 Å². The zero-order valence-electron chi connectivity index (χ0n) is 9.17. The predicted molar refractivity (Wildman–Crippen MR) is 60.6 cm³/mol. The summed E-state index contributed by atoms with van der Waals surface area (Å²) in [7, 11) is 0. The number of hydrogen-bond donors (Lipinski definition) is 3. The molecule has 1 heterocycles. The number of rotatable bonds is 3. The first kappa shape index (κ1) is 10.2. The van der Waals surface area contributed by atoms with Crippen LogP contribution in [0.3, 0.4) is 0 Å². The van der Waals surface area contributed by atoms with Gasteiger partial charge in [-0.25, -0.2) is 15.8 Å². The molecule has 1 aromatic rings. The molecule has 0 radical (unpaired) electrons. The molecule has 0 bridgehead atoms. The highest BCUT2D eigenvalue weighted by Gasteiger charge is 2.19. The molecule has 1 aromatic heterocycles. The maximum absolute atomic E-state index is 5.40. The van der Waals surface area contributed by atoms with Gasteiger partial charge in [0.15, 0.2) is 0 Å². The standard InChI is InChI=1S/C10H17N5/c1-6-9(14-8-4-3-5-8)12-7(2)13-10(6)15-11/h8H,3-5,11H2,1-2H3,(H2,12,13,14,15). The van der Waals surface area contributed by atoms with E-state index in [-0.39, 0.29) is 0 Å². The molecule has 82 valence electrons. The van der Waals surface area contributed by atoms with Crippen molar-refractivity contribution in [3.05, 3.63) is 11.4 Å². The average Bonchev–Trinajstić information content (AvgIpc) is 2.16. The van der Waals surface area contributed by atoms with Crippen LogP contribution in [0.5, 0.6) is 0 Å². The molecule has 2 rings (SSSR count). The fourth-order valence-electron chi connectivity index (χ4n) is 1.66. The summed E-state index contributed by atoms with van der Waals surface area (Å²) in [6.07, 6.45) is 3.77. The minimum atomic E-state index is 0.573. The molecule has 0 unspecified atom stereocenters. The summed E-state index contributed by atoms with van der Waals surface area (Å²) in [6, 6.07) is 0.573. The fraction of sp³-hybridized carbons (Fsp3) is 0.600. The zero-order valence-corrected chi connectivity index (χ0v) is 9.17. The van der Waals surface area contributed by atoms with Gasteiger partial charge >= 0.3 is 0 Å². The van der Waals surface area contributed by atoms with E-state index in [1.807, 2.05) is 13.8 Å². The number of hydrazine groups is 1. The third kappa shape index (κ3) is 2.02. The van der Waals surface area contributed by atoms with Crippen LogP contribution >= 0.6 is 0 Å². The van der Waals surface area contributed by atoms with E-state index in [0.29, 0.717) is 11.9 Å². The third-order valence-corrected chi connectivity index (χ3v) is 2.84. The molecule has 5 nitrogen and oxygen atoms in total. The Hall–Kier alpha value is -1.36. The third-order valence-electron chi connectivity index (χ3n) is 2.84. The van der Waals surface area contributed by atoms with Gasteiger partial charge in [-0.05, 0) is 33.1 Å². The Morgan fingerprint density at radius 1 is 1.20 bits per heavy atom. The van der Waals surface area contributed by atoms with E-state index in [1.54, 1.807) is 0 Å². The number of nitrogens with one attached hydrogen (secondary N) is 2. The van der Waals surface area contributed by atoms with Gasteiger partial charge in [0.1, 0.15) is 17.5 Å². The highest BCUT2D eigenvalue weighted by atomic mass is 15.3. The summed E-state index contributed by atoms with van der Waals surface area (Å²) in [4.78, 5) is 8.60. The number of hydrogen-bond acceptors (Lipinski definition) is 5. The van der Waals surface area contributed by atoms with Gasteiger partial charge in [0.05, 0.1) is 0 Å². The first-order valence-electron chi connectivity index (χ1n) is 5.29. The Bertz CT molecular complexity index is 359. The normalized spacial score (nSPS) is 15.9. The van der Waals surface area contributed by atoms with E-state index >= 15 is 0 Å². The van der Waals surface area contributed by atoms with E-state index in [1.165, 1.54) is 19.3 Å². The molecule has 1 aliphatic carbocycles. The summed E-state index contributed by atoms with van der Waals surface area (Å²) >= 11 is 0. The lowest BCUT2D eigenvalue weighted by Gasteiger charge is -2.28. The van der Waals surface area contributed by atoms with Gasteiger partial charge in [0.2, 0.25) is 0 Å². The quantitative estimate of drug-likeness (QED) is 0.515. The Labute approximate surface area is 89.5 Å². The topological polar surface area (TPSA) is 75.9 Å². The molecule has 0 amide bonds. The van der Waals surface area contributed by atoms with Gasteiger partial charge in [0.25, 0.3) is 0 Å². The van der Waals surface area contributed by atoms with E-state index in [0.717, 1.165) is 17.2 Å². The Morgan fingerprint density at radius 3 is 2.40 bits per heavy atom. The SMILES string of the molecule is Cc1nc(NN)c(C)c(NC2CCC2)n1. The molecule has 0 aromatic carbocycles. The maximum Gasteiger partial charge on any atom is 0.148 e. The summed E-state index contributed by atoms with van der Waals surface area (Å²) < 4.78 is 0. The van der Waals surface area contributed by atoms with E-state index in [4.69, 9.17) is 5.84 Å². The molecular formula is C10H17N5. The van der Waals surface area contributed by atoms with Gasteiger partial charge in [-0.3, -0.25) is 0 Å². The fourth-order valence-corrected chi connectivity index (χ4v) is 1.66. The van der Waals surface area contributed by atoms with Crippen LogP contribution in [0, 0.1) is 13.8 Å². The Kier molecular flexibility index (Phi) is 2.73. The van der Waals surface area contributed by atoms with Crippen LogP contribution in [0.4, 0.5) is 11.6 Å². The first-order chi connectivity index (χ1) is 7.20. The van der Waals surface area contributed by atoms with Crippen molar-refractivity contribution in [2.75, 3.05) is 10.7 Å². The van der Waals surface area contributed by atoms with Gasteiger partial charge in [-0.2, -0.15) is 0 Å². The monoisotopic (exact) mass is 207 g/mol. The summed E-state index contributed by atoms with van der Waals surface area (Å²) in [5.74, 6) is 7.73. The minimum Gasteiger partial charge on any atom is -0.367 e. The molecular weight excluding hydrogens is 190 g/mol. The summed E-state index contributed by atoms with van der Waals surface area (Å²) in [6.45, 7) is 3.84. The van der Waals surface area contributed by atoms with Crippen LogP contribution < -0.4 is 16.6 Å². The second kappa shape index (κ2) is 4.02. The molecule has 0 aliphatic heterocycles. The van der Waals surface area contributed by atoms with E-state index < -0.39 is 0 Å². The molecule has 0 saturated heterocycles. The van der Waals surface area contributed by atoms with Crippen LogP contribution in [0.2, 0.25) is 0 Å². The molecule has 1 aliphatic rings. The molecule has 5 heteroatoms. The second-order valence-corrected chi connectivity index (χ2v) is 4.01. The maximum atomic E-state index is 5.40. The lowest BCUT2D eigenvalue weighted by Crippen LogP contribution is -2.28. The van der Waals surface area contributed by atoms with E-state index in [9.17, 15) is 0 Å². The number of nitrogen functional groups attached to an aromatic ring is 1. The van der Waals surface area contributed by atoms with Crippen molar-refractivity contribution in [1.29, 1.82) is 0 Å². The van der Waals surface area contributed by atoms with Crippen molar-refractivity contribution in [1.82, 2.24) is 9.97 Å². The molecule has 0 atom stereocenters. The smallest absolute Gasteiger partial charge is 0.148 e. The average molecular weight is 207 g/mol. The number of anilines is 2. The van der Waals surface area contributed by atoms with Gasteiger partial charge in [-0.1, -0.05) is 0 Å². The number of aryl methyl sites for hydroxylation is 1. The molecule has 15 heavy (non-hydrogen) atoms. The van der Waals surface area contributed by atoms with Gasteiger partial charge in [-0.15, -0.1) is 0 Å². The summed E-state index contributed by atoms with van der Waals surface area (Å²) in [5.41, 5.74) is 3.58. The van der Waals surface area contributed by atoms with Crippen LogP contribution in [0.25, 0.3) is 0 Å². The summed E-state index contributed by atoms with van der Waals surface area (Å²) in [5, 5.41) is 3.42. The van der Waals surface area contributed by atoms with Gasteiger partial charge < -0.3 is 10.7 Å². The van der Waals surface area contributed by atoms with Crippen molar-refractivity contribution in [3.8, 4) is 0 Å². The second-order valence-electron chi connectivity index (χ2n) is 4.01. The van der Waals surface area contributed by atoms with Crippen LogP contribution in [0.1, 0.15) is 30.7 Å². The van der Waals surface area contributed by atoms with Crippen LogP contribution in [0.15, 0.2) is 0 Å². The first-order valence-corrected chi connectivity index (χ1v) is 5.29. The predicted octanol–water partition coefficient (Wildman–Crippen LogP) is 1.34. The Morgan fingerprint density at radius 2 is 1.87 bits per heavy atom. The number of nitrogens with zero attached hydrogens (tertiary/aromatic N) is 2. The van der Waals surface area contributed by atoms with Crippen LogP contribution in [-0.4, -0.2) is 16.0 Å². The van der Waals surface area contributed by atoms with Crippen molar-refractivity contribution in [2.45, 2.75) is 39.2 Å². The Balaban J connectivity index is 2.24. The largest absolute Gasteiger partial charge is 0.367 e. The van der Waals surface area contributed by atoms with Crippen LogP contribution in [-0.2, 0) is 0 Å².